The minimum atomic E-state index is -0.638. The normalized spacial score (nSPS) is 28.9. The van der Waals surface area contributed by atoms with Gasteiger partial charge in [0.2, 0.25) is 11.8 Å². The van der Waals surface area contributed by atoms with Crippen molar-refractivity contribution >= 4 is 35.0 Å². The molecular weight excluding hydrogens is 446 g/mol. The van der Waals surface area contributed by atoms with Crippen LogP contribution in [0, 0.1) is 17.8 Å². The summed E-state index contributed by atoms with van der Waals surface area (Å²) >= 11 is 6.27. The number of aromatic hydroxyl groups is 1. The standard InChI is InChI=1S/C25H22ClNO6/c1-10-6-17(28)21-15(22(10)29)9-14-12(4-5-13-20(14)25(32)27(2)24(13)31)19(21)11-7-16(26)23(30)18(8-11)33-3/h4,6-8,13-14,19-20,30H,5,9H2,1-3H3/t13-,14+,19-,20-/m0/s1. The molecule has 0 unspecified atom stereocenters. The van der Waals surface area contributed by atoms with Crippen LogP contribution in [0.25, 0.3) is 0 Å². The molecular formula is C25H22ClNO6. The third-order valence-corrected chi connectivity index (χ3v) is 7.67. The second-order valence-corrected chi connectivity index (χ2v) is 9.42. The Morgan fingerprint density at radius 1 is 1.12 bits per heavy atom. The number of halogens is 1. The molecule has 3 aliphatic carbocycles. The second-order valence-electron chi connectivity index (χ2n) is 9.02. The van der Waals surface area contributed by atoms with Crippen molar-refractivity contribution in [2.45, 2.75) is 25.7 Å². The highest BCUT2D eigenvalue weighted by molar-refractivity contribution is 6.32. The molecule has 7 nitrogen and oxygen atoms in total. The van der Waals surface area contributed by atoms with E-state index in [0.29, 0.717) is 28.7 Å². The smallest absolute Gasteiger partial charge is 0.233 e. The molecule has 0 saturated carbocycles. The maximum atomic E-state index is 13.2. The summed E-state index contributed by atoms with van der Waals surface area (Å²) in [5.74, 6) is -3.12. The van der Waals surface area contributed by atoms with Gasteiger partial charge in [-0.2, -0.15) is 0 Å². The Kier molecular flexibility index (Phi) is 4.86. The average molecular weight is 468 g/mol. The minimum Gasteiger partial charge on any atom is -0.503 e. The van der Waals surface area contributed by atoms with E-state index in [1.165, 1.54) is 25.1 Å². The Bertz CT molecular complexity index is 1260. The number of hydrogen-bond donors (Lipinski definition) is 1. The summed E-state index contributed by atoms with van der Waals surface area (Å²) in [6.07, 6.45) is 3.88. The molecule has 1 aromatic rings. The lowest BCUT2D eigenvalue weighted by Crippen LogP contribution is -2.39. The molecule has 1 aliphatic heterocycles. The Hall–Kier alpha value is -3.19. The maximum Gasteiger partial charge on any atom is 0.233 e. The summed E-state index contributed by atoms with van der Waals surface area (Å²) in [6, 6.07) is 3.16. The Morgan fingerprint density at radius 3 is 2.55 bits per heavy atom. The maximum absolute atomic E-state index is 13.2. The summed E-state index contributed by atoms with van der Waals surface area (Å²) in [5.41, 5.74) is 2.50. The van der Waals surface area contributed by atoms with Crippen molar-refractivity contribution in [3.8, 4) is 11.5 Å². The van der Waals surface area contributed by atoms with E-state index < -0.39 is 23.7 Å². The molecule has 5 rings (SSSR count). The van der Waals surface area contributed by atoms with Gasteiger partial charge in [-0.3, -0.25) is 24.1 Å². The number of likely N-dealkylation sites (tertiary alicyclic amines) is 1. The second kappa shape index (κ2) is 7.42. The number of ether oxygens (including phenoxy) is 1. The molecule has 4 atom stereocenters. The van der Waals surface area contributed by atoms with Gasteiger partial charge in [-0.1, -0.05) is 23.3 Å². The first-order chi connectivity index (χ1) is 15.6. The van der Waals surface area contributed by atoms with Gasteiger partial charge >= 0.3 is 0 Å². The van der Waals surface area contributed by atoms with Gasteiger partial charge < -0.3 is 9.84 Å². The molecule has 4 aliphatic rings. The van der Waals surface area contributed by atoms with Crippen LogP contribution in [0.1, 0.15) is 31.2 Å². The van der Waals surface area contributed by atoms with Gasteiger partial charge in [0.25, 0.3) is 0 Å². The molecule has 0 bridgehead atoms. The number of carbonyl (C=O) groups is 4. The zero-order valence-electron chi connectivity index (χ0n) is 18.3. The fourth-order valence-corrected chi connectivity index (χ4v) is 6.05. The molecule has 1 aromatic carbocycles. The summed E-state index contributed by atoms with van der Waals surface area (Å²) in [6.45, 7) is 1.60. The SMILES string of the molecule is COc1cc([C@H]2C3=CC[C@@H]4C(=O)N(C)C(=O)[C@@H]4[C@@H]3CC3=C2C(=O)C=C(C)C3=O)cc(Cl)c1O. The Morgan fingerprint density at radius 2 is 1.85 bits per heavy atom. The van der Waals surface area contributed by atoms with Crippen LogP contribution in [0.5, 0.6) is 11.5 Å². The summed E-state index contributed by atoms with van der Waals surface area (Å²) < 4.78 is 5.27. The van der Waals surface area contributed by atoms with E-state index in [-0.39, 0.29) is 46.3 Å². The first-order valence-corrected chi connectivity index (χ1v) is 11.1. The number of methoxy groups -OCH3 is 1. The number of imide groups is 1. The molecule has 1 N–H and O–H groups in total. The number of phenolic OH excluding ortho intramolecular Hbond substituents is 1. The number of allylic oxidation sites excluding steroid dienone is 6. The number of phenols is 1. The van der Waals surface area contributed by atoms with Crippen molar-refractivity contribution in [1.29, 1.82) is 0 Å². The molecule has 2 amide bonds. The zero-order valence-corrected chi connectivity index (χ0v) is 19.1. The molecule has 170 valence electrons. The molecule has 0 spiro atoms. The lowest BCUT2D eigenvalue weighted by molar-refractivity contribution is -0.138. The van der Waals surface area contributed by atoms with Crippen molar-refractivity contribution < 1.29 is 29.0 Å². The van der Waals surface area contributed by atoms with E-state index in [0.717, 1.165) is 5.57 Å². The molecule has 1 fully saturated rings. The van der Waals surface area contributed by atoms with Crippen molar-refractivity contribution in [2.75, 3.05) is 14.2 Å². The van der Waals surface area contributed by atoms with E-state index in [4.69, 9.17) is 16.3 Å². The van der Waals surface area contributed by atoms with Crippen molar-refractivity contribution in [3.63, 3.8) is 0 Å². The van der Waals surface area contributed by atoms with Crippen LogP contribution in [0.15, 0.2) is 46.6 Å². The molecule has 0 radical (unpaired) electrons. The predicted molar refractivity (Wildman–Crippen MR) is 119 cm³/mol. The van der Waals surface area contributed by atoms with Gasteiger partial charge in [-0.05, 0) is 49.5 Å². The van der Waals surface area contributed by atoms with Crippen LogP contribution in [-0.2, 0) is 19.2 Å². The average Bonchev–Trinajstić information content (AvgIpc) is 3.02. The van der Waals surface area contributed by atoms with Gasteiger partial charge in [-0.25, -0.2) is 0 Å². The molecule has 0 aromatic heterocycles. The van der Waals surface area contributed by atoms with Crippen LogP contribution in [0.3, 0.4) is 0 Å². The quantitative estimate of drug-likeness (QED) is 0.407. The van der Waals surface area contributed by atoms with Crippen molar-refractivity contribution in [1.82, 2.24) is 4.90 Å². The third kappa shape index (κ3) is 2.95. The lowest BCUT2D eigenvalue weighted by atomic mass is 9.59. The van der Waals surface area contributed by atoms with Crippen molar-refractivity contribution in [2.24, 2.45) is 17.8 Å². The highest BCUT2D eigenvalue weighted by Crippen LogP contribution is 2.55. The fraction of sp³-hybridized carbons (Fsp3) is 0.360. The molecule has 1 heterocycles. The first-order valence-electron chi connectivity index (χ1n) is 10.7. The molecule has 8 heteroatoms. The van der Waals surface area contributed by atoms with Crippen LogP contribution >= 0.6 is 11.6 Å². The highest BCUT2D eigenvalue weighted by Gasteiger charge is 2.55. The minimum absolute atomic E-state index is 0.0519. The number of ketones is 2. The van der Waals surface area contributed by atoms with Gasteiger partial charge in [0, 0.05) is 29.7 Å². The van der Waals surface area contributed by atoms with Crippen LogP contribution < -0.4 is 4.74 Å². The largest absolute Gasteiger partial charge is 0.503 e. The number of benzene rings is 1. The predicted octanol–water partition coefficient (Wildman–Crippen LogP) is 3.11. The van der Waals surface area contributed by atoms with Gasteiger partial charge in [0.15, 0.2) is 23.1 Å². The van der Waals surface area contributed by atoms with E-state index in [1.54, 1.807) is 19.1 Å². The van der Waals surface area contributed by atoms with E-state index in [1.807, 2.05) is 6.08 Å². The number of Topliss-reactive ketones (excluding diaryl/α,β-unsaturated/α-hetero) is 1. The summed E-state index contributed by atoms with van der Waals surface area (Å²) in [7, 11) is 2.88. The van der Waals surface area contributed by atoms with E-state index >= 15 is 0 Å². The number of hydrogen-bond acceptors (Lipinski definition) is 6. The van der Waals surface area contributed by atoms with Crippen LogP contribution in [0.2, 0.25) is 5.02 Å². The molecule has 1 saturated heterocycles. The van der Waals surface area contributed by atoms with Gasteiger partial charge in [0.1, 0.15) is 0 Å². The zero-order chi connectivity index (χ0) is 23.8. The fourth-order valence-electron chi connectivity index (χ4n) is 5.83. The highest BCUT2D eigenvalue weighted by atomic mass is 35.5. The van der Waals surface area contributed by atoms with Crippen molar-refractivity contribution in [3.05, 3.63) is 57.2 Å². The monoisotopic (exact) mass is 467 g/mol. The van der Waals surface area contributed by atoms with E-state index in [2.05, 4.69) is 0 Å². The number of fused-ring (bicyclic) bond motifs is 3. The Labute approximate surface area is 195 Å². The Balaban J connectivity index is 1.74. The summed E-state index contributed by atoms with van der Waals surface area (Å²) in [5, 5.41) is 10.3. The summed E-state index contributed by atoms with van der Waals surface area (Å²) in [4.78, 5) is 53.2. The topological polar surface area (TPSA) is 101 Å². The third-order valence-electron chi connectivity index (χ3n) is 7.39. The number of carbonyl (C=O) groups excluding carboxylic acids is 4. The number of nitrogens with zero attached hydrogens (tertiary/aromatic N) is 1. The van der Waals surface area contributed by atoms with Crippen LogP contribution in [0.4, 0.5) is 0 Å². The molecule has 33 heavy (non-hydrogen) atoms. The van der Waals surface area contributed by atoms with E-state index in [9.17, 15) is 24.3 Å². The number of amides is 2. The number of rotatable bonds is 2. The van der Waals surface area contributed by atoms with Gasteiger partial charge in [-0.15, -0.1) is 0 Å². The lowest BCUT2D eigenvalue weighted by Gasteiger charge is -2.42. The first kappa shape index (κ1) is 21.6. The van der Waals surface area contributed by atoms with Crippen LogP contribution in [-0.4, -0.2) is 47.5 Å². The van der Waals surface area contributed by atoms with Gasteiger partial charge in [0.05, 0.1) is 24.0 Å².